The summed E-state index contributed by atoms with van der Waals surface area (Å²) in [6.45, 7) is 0. The molecule has 0 bridgehead atoms. The largest absolute Gasteiger partial charge is 0.293 e. The number of benzene rings is 3. The van der Waals surface area contributed by atoms with E-state index in [1.165, 1.54) is 36.4 Å². The van der Waals surface area contributed by atoms with Crippen LogP contribution in [0.25, 0.3) is 16.6 Å². The van der Waals surface area contributed by atoms with Crippen LogP contribution >= 0.6 is 11.8 Å². The van der Waals surface area contributed by atoms with Gasteiger partial charge in [0.15, 0.2) is 10.9 Å². The van der Waals surface area contributed by atoms with E-state index < -0.39 is 23.0 Å². The molecular weight excluding hydrogens is 394 g/mol. The van der Waals surface area contributed by atoms with Crippen molar-refractivity contribution in [1.82, 2.24) is 9.55 Å². The third-order valence-corrected chi connectivity index (χ3v) is 5.28. The van der Waals surface area contributed by atoms with E-state index >= 15 is 0 Å². The molecule has 1 aromatic heterocycles. The van der Waals surface area contributed by atoms with Gasteiger partial charge in [-0.3, -0.25) is 14.2 Å². The van der Waals surface area contributed by atoms with Crippen molar-refractivity contribution in [2.24, 2.45) is 0 Å². The van der Waals surface area contributed by atoms with Crippen molar-refractivity contribution in [3.63, 3.8) is 0 Å². The van der Waals surface area contributed by atoms with Gasteiger partial charge in [0.25, 0.3) is 5.56 Å². The summed E-state index contributed by atoms with van der Waals surface area (Å²) in [7, 11) is 0. The average molecular weight is 408 g/mol. The summed E-state index contributed by atoms with van der Waals surface area (Å²) in [5, 5.41) is 0.490. The lowest BCUT2D eigenvalue weighted by atomic mass is 10.1. The van der Waals surface area contributed by atoms with E-state index in [9.17, 15) is 18.4 Å². The van der Waals surface area contributed by atoms with Gasteiger partial charge < -0.3 is 0 Å². The zero-order valence-corrected chi connectivity index (χ0v) is 15.8. The Labute approximate surface area is 168 Å². The first-order chi connectivity index (χ1) is 14.1. The second kappa shape index (κ2) is 7.97. The molecule has 0 radical (unpaired) electrons. The molecule has 0 fully saturated rings. The van der Waals surface area contributed by atoms with Crippen molar-refractivity contribution >= 4 is 28.4 Å². The van der Waals surface area contributed by atoms with E-state index in [-0.39, 0.29) is 22.2 Å². The molecule has 0 atom stereocenters. The van der Waals surface area contributed by atoms with Crippen molar-refractivity contribution in [2.75, 3.05) is 5.75 Å². The summed E-state index contributed by atoms with van der Waals surface area (Å²) >= 11 is 0.960. The fourth-order valence-corrected chi connectivity index (χ4v) is 3.84. The van der Waals surface area contributed by atoms with Crippen LogP contribution in [-0.2, 0) is 0 Å². The van der Waals surface area contributed by atoms with Gasteiger partial charge in [0, 0.05) is 0 Å². The Balaban J connectivity index is 1.80. The number of ketones is 1. The Hall–Kier alpha value is -3.32. The minimum absolute atomic E-state index is 0.0385. The summed E-state index contributed by atoms with van der Waals surface area (Å²) in [4.78, 5) is 30.0. The van der Waals surface area contributed by atoms with Crippen molar-refractivity contribution in [1.29, 1.82) is 0 Å². The van der Waals surface area contributed by atoms with E-state index in [0.29, 0.717) is 10.9 Å². The number of para-hydroxylation sites is 2. The average Bonchev–Trinajstić information content (AvgIpc) is 2.73. The summed E-state index contributed by atoms with van der Waals surface area (Å²) in [6, 6.07) is 18.2. The van der Waals surface area contributed by atoms with Gasteiger partial charge in [-0.2, -0.15) is 0 Å². The molecule has 0 spiro atoms. The number of aromatic nitrogens is 2. The maximum Gasteiger partial charge on any atom is 0.266 e. The fourth-order valence-electron chi connectivity index (χ4n) is 2.95. The standard InChI is InChI=1S/C22H14F2N2O2S/c23-16-9-3-1-7-14(16)20(27)13-29-22-25-18-11-5-2-8-15(18)21(28)26(22)19-12-6-4-10-17(19)24/h1-12H,13H2. The molecule has 7 heteroatoms. The molecule has 0 amide bonds. The number of rotatable bonds is 5. The van der Waals surface area contributed by atoms with Gasteiger partial charge >= 0.3 is 0 Å². The summed E-state index contributed by atoms with van der Waals surface area (Å²) < 4.78 is 29.5. The van der Waals surface area contributed by atoms with Gasteiger partial charge in [0.2, 0.25) is 0 Å². The van der Waals surface area contributed by atoms with Crippen LogP contribution in [0, 0.1) is 11.6 Å². The number of Topliss-reactive ketones (excluding diaryl/α,β-unsaturated/α-hetero) is 1. The number of halogens is 2. The highest BCUT2D eigenvalue weighted by molar-refractivity contribution is 7.99. The molecule has 0 aliphatic heterocycles. The van der Waals surface area contributed by atoms with Crippen LogP contribution in [0.5, 0.6) is 0 Å². The van der Waals surface area contributed by atoms with Crippen LogP contribution < -0.4 is 5.56 Å². The summed E-state index contributed by atoms with van der Waals surface area (Å²) in [6.07, 6.45) is 0. The number of carbonyl (C=O) groups is 1. The molecule has 144 valence electrons. The molecule has 0 saturated heterocycles. The first kappa shape index (κ1) is 19.0. The number of carbonyl (C=O) groups excluding carboxylic acids is 1. The minimum Gasteiger partial charge on any atom is -0.293 e. The normalized spacial score (nSPS) is 11.0. The van der Waals surface area contributed by atoms with Gasteiger partial charge in [-0.15, -0.1) is 0 Å². The Morgan fingerprint density at radius 3 is 2.31 bits per heavy atom. The first-order valence-electron chi connectivity index (χ1n) is 8.73. The van der Waals surface area contributed by atoms with Crippen molar-refractivity contribution in [2.45, 2.75) is 5.16 Å². The molecule has 29 heavy (non-hydrogen) atoms. The molecule has 0 aliphatic carbocycles. The zero-order chi connectivity index (χ0) is 20.4. The monoisotopic (exact) mass is 408 g/mol. The Morgan fingerprint density at radius 2 is 1.55 bits per heavy atom. The first-order valence-corrected chi connectivity index (χ1v) is 9.72. The topological polar surface area (TPSA) is 52.0 Å². The highest BCUT2D eigenvalue weighted by Gasteiger charge is 2.18. The number of fused-ring (bicyclic) bond motifs is 1. The van der Waals surface area contributed by atoms with Crippen LogP contribution in [0.3, 0.4) is 0 Å². The molecule has 4 aromatic rings. The van der Waals surface area contributed by atoms with E-state index in [4.69, 9.17) is 0 Å². The second-order valence-corrected chi connectivity index (χ2v) is 7.14. The maximum atomic E-state index is 14.4. The molecule has 4 nitrogen and oxygen atoms in total. The molecule has 0 N–H and O–H groups in total. The molecule has 3 aromatic carbocycles. The lowest BCUT2D eigenvalue weighted by Crippen LogP contribution is -2.23. The van der Waals surface area contributed by atoms with Crippen LogP contribution in [-0.4, -0.2) is 21.1 Å². The highest BCUT2D eigenvalue weighted by atomic mass is 32.2. The minimum atomic E-state index is -0.615. The van der Waals surface area contributed by atoms with E-state index in [1.807, 2.05) is 0 Å². The zero-order valence-electron chi connectivity index (χ0n) is 15.0. The molecular formula is C22H14F2N2O2S. The maximum absolute atomic E-state index is 14.4. The van der Waals surface area contributed by atoms with Gasteiger partial charge in [0.05, 0.1) is 27.9 Å². The van der Waals surface area contributed by atoms with Crippen molar-refractivity contribution in [3.8, 4) is 5.69 Å². The smallest absolute Gasteiger partial charge is 0.266 e. The van der Waals surface area contributed by atoms with E-state index in [1.54, 1.807) is 36.4 Å². The third kappa shape index (κ3) is 3.69. The molecule has 0 aliphatic rings. The Kier molecular flexibility index (Phi) is 5.22. The predicted molar refractivity (Wildman–Crippen MR) is 109 cm³/mol. The lowest BCUT2D eigenvalue weighted by molar-refractivity contribution is 0.101. The molecule has 0 unspecified atom stereocenters. The van der Waals surface area contributed by atoms with Gasteiger partial charge in [-0.05, 0) is 36.4 Å². The Morgan fingerprint density at radius 1 is 0.897 bits per heavy atom. The predicted octanol–water partition coefficient (Wildman–Crippen LogP) is 4.64. The van der Waals surface area contributed by atoms with E-state index in [0.717, 1.165) is 16.3 Å². The van der Waals surface area contributed by atoms with Crippen molar-refractivity contribution in [3.05, 3.63) is 100 Å². The van der Waals surface area contributed by atoms with E-state index in [2.05, 4.69) is 4.98 Å². The number of hydrogen-bond donors (Lipinski definition) is 0. The molecule has 4 rings (SSSR count). The summed E-state index contributed by atoms with van der Waals surface area (Å²) in [5.41, 5.74) is -0.00959. The number of nitrogens with zero attached hydrogens (tertiary/aromatic N) is 2. The van der Waals surface area contributed by atoms with Crippen LogP contribution in [0.4, 0.5) is 8.78 Å². The summed E-state index contributed by atoms with van der Waals surface area (Å²) in [5.74, 6) is -1.80. The van der Waals surface area contributed by atoms with Crippen LogP contribution in [0.1, 0.15) is 10.4 Å². The fraction of sp³-hybridized carbons (Fsp3) is 0.0455. The van der Waals surface area contributed by atoms with Gasteiger partial charge in [0.1, 0.15) is 11.6 Å². The molecule has 0 saturated carbocycles. The van der Waals surface area contributed by atoms with Crippen molar-refractivity contribution < 1.29 is 13.6 Å². The highest BCUT2D eigenvalue weighted by Crippen LogP contribution is 2.24. The lowest BCUT2D eigenvalue weighted by Gasteiger charge is -2.13. The van der Waals surface area contributed by atoms with Crippen LogP contribution in [0.2, 0.25) is 0 Å². The quantitative estimate of drug-likeness (QED) is 0.274. The Bertz CT molecular complexity index is 1290. The van der Waals surface area contributed by atoms with Gasteiger partial charge in [-0.1, -0.05) is 48.2 Å². The SMILES string of the molecule is O=C(CSc1nc2ccccc2c(=O)n1-c1ccccc1F)c1ccccc1F. The number of hydrogen-bond acceptors (Lipinski definition) is 4. The third-order valence-electron chi connectivity index (χ3n) is 4.34. The molecule has 1 heterocycles. The second-order valence-electron chi connectivity index (χ2n) is 6.20. The van der Waals surface area contributed by atoms with Crippen LogP contribution in [0.15, 0.2) is 82.7 Å². The number of thioether (sulfide) groups is 1. The van der Waals surface area contributed by atoms with Gasteiger partial charge in [-0.25, -0.2) is 13.8 Å².